The standard InChI is InChI=1S/C32H45N3O4/c1-7-10-15-35(32(5)13-11-14-33-22-32)29(36)21-34-20-25(16-26(34)19-31(4,9-3)12-8-2)24-17-27(37-6)30-28(18-24)38-23-39-30/h8-9,11-14,17-18,25-26H,3,7,10,15-16,19-23H2,1-2,4-6H3/b12-8+/t25-,26-,31+,32?/m1/s1. The number of nitrogens with zero attached hydrogens (tertiary/aromatic N) is 3. The van der Waals surface area contributed by atoms with Gasteiger partial charge in [-0.05, 0) is 62.8 Å². The first kappa shape index (κ1) is 28.9. The van der Waals surface area contributed by atoms with E-state index < -0.39 is 5.54 Å². The number of aliphatic imine (C=N–C) groups is 1. The molecule has 1 amide bonds. The summed E-state index contributed by atoms with van der Waals surface area (Å²) in [6.07, 6.45) is 16.1. The molecule has 4 atom stereocenters. The fraction of sp³-hybridized carbons (Fsp3) is 0.562. The molecule has 0 N–H and O–H groups in total. The second-order valence-electron chi connectivity index (χ2n) is 11.5. The zero-order chi connectivity index (χ0) is 28.0. The normalized spacial score (nSPS) is 25.7. The van der Waals surface area contributed by atoms with Crippen LogP contribution in [0, 0.1) is 5.41 Å². The van der Waals surface area contributed by atoms with Gasteiger partial charge in [-0.2, -0.15) is 0 Å². The van der Waals surface area contributed by atoms with Gasteiger partial charge in [-0.1, -0.05) is 44.6 Å². The van der Waals surface area contributed by atoms with Crippen LogP contribution in [0.3, 0.4) is 0 Å². The summed E-state index contributed by atoms with van der Waals surface area (Å²) in [6, 6.07) is 4.37. The van der Waals surface area contributed by atoms with Gasteiger partial charge >= 0.3 is 0 Å². The minimum absolute atomic E-state index is 0.156. The first-order chi connectivity index (χ1) is 18.8. The summed E-state index contributed by atoms with van der Waals surface area (Å²) in [5, 5.41) is 0. The van der Waals surface area contributed by atoms with Gasteiger partial charge < -0.3 is 19.1 Å². The van der Waals surface area contributed by atoms with E-state index in [0.717, 1.165) is 50.1 Å². The molecule has 1 unspecified atom stereocenters. The molecule has 7 nitrogen and oxygen atoms in total. The number of fused-ring (bicyclic) bond motifs is 1. The fourth-order valence-electron chi connectivity index (χ4n) is 6.14. The van der Waals surface area contributed by atoms with Crippen LogP contribution in [0.1, 0.15) is 64.9 Å². The molecular formula is C32H45N3O4. The molecule has 3 aliphatic rings. The highest BCUT2D eigenvalue weighted by molar-refractivity contribution is 5.81. The molecule has 212 valence electrons. The van der Waals surface area contributed by atoms with Crippen LogP contribution >= 0.6 is 0 Å². The molecule has 0 aromatic heterocycles. The maximum Gasteiger partial charge on any atom is 0.237 e. The Kier molecular flexibility index (Phi) is 9.21. The summed E-state index contributed by atoms with van der Waals surface area (Å²) in [6.45, 7) is 15.4. The molecule has 3 heterocycles. The predicted molar refractivity (Wildman–Crippen MR) is 157 cm³/mol. The molecule has 1 aromatic rings. The minimum atomic E-state index is -0.402. The van der Waals surface area contributed by atoms with Gasteiger partial charge in [0, 0.05) is 30.8 Å². The van der Waals surface area contributed by atoms with E-state index in [1.807, 2.05) is 25.3 Å². The summed E-state index contributed by atoms with van der Waals surface area (Å²) in [5.74, 6) is 2.48. The van der Waals surface area contributed by atoms with E-state index >= 15 is 0 Å². The average molecular weight is 536 g/mol. The van der Waals surface area contributed by atoms with Crippen LogP contribution in [0.4, 0.5) is 0 Å². The third-order valence-electron chi connectivity index (χ3n) is 8.42. The third-order valence-corrected chi connectivity index (χ3v) is 8.42. The first-order valence-electron chi connectivity index (χ1n) is 14.2. The Morgan fingerprint density at radius 3 is 2.87 bits per heavy atom. The van der Waals surface area contributed by atoms with E-state index in [1.165, 1.54) is 0 Å². The van der Waals surface area contributed by atoms with Crippen molar-refractivity contribution in [1.82, 2.24) is 9.80 Å². The predicted octanol–water partition coefficient (Wildman–Crippen LogP) is 5.77. The van der Waals surface area contributed by atoms with Gasteiger partial charge in [0.1, 0.15) is 0 Å². The number of carbonyl (C=O) groups is 1. The van der Waals surface area contributed by atoms with Crippen LogP contribution in [-0.2, 0) is 4.79 Å². The van der Waals surface area contributed by atoms with Crippen LogP contribution in [0.15, 0.2) is 54.1 Å². The van der Waals surface area contributed by atoms with Crippen molar-refractivity contribution in [3.8, 4) is 17.2 Å². The summed E-state index contributed by atoms with van der Waals surface area (Å²) in [7, 11) is 1.66. The monoisotopic (exact) mass is 535 g/mol. The quantitative estimate of drug-likeness (QED) is 0.318. The number of allylic oxidation sites excluding steroid dienone is 4. The second kappa shape index (κ2) is 12.4. The number of hydrogen-bond donors (Lipinski definition) is 0. The topological polar surface area (TPSA) is 63.6 Å². The molecule has 0 aliphatic carbocycles. The first-order valence-corrected chi connectivity index (χ1v) is 14.2. The highest BCUT2D eigenvalue weighted by Gasteiger charge is 2.40. The van der Waals surface area contributed by atoms with Crippen molar-refractivity contribution in [2.24, 2.45) is 10.4 Å². The Labute approximate surface area is 234 Å². The average Bonchev–Trinajstić information content (AvgIpc) is 3.56. The lowest BCUT2D eigenvalue weighted by Crippen LogP contribution is -2.55. The lowest BCUT2D eigenvalue weighted by molar-refractivity contribution is -0.137. The number of rotatable bonds is 12. The SMILES string of the molecule is C=C[C@@](C)(/C=C/C)C[C@H]1C[C@@H](c2cc(OC)c3c(c2)OCO3)CN1CC(=O)N(CCCC)C1(C)C=CC=NC1. The van der Waals surface area contributed by atoms with Crippen molar-refractivity contribution in [3.63, 3.8) is 0 Å². The number of carbonyl (C=O) groups excluding carboxylic acids is 1. The molecule has 1 fully saturated rings. The van der Waals surface area contributed by atoms with Crippen molar-refractivity contribution in [2.75, 3.05) is 40.1 Å². The summed E-state index contributed by atoms with van der Waals surface area (Å²) < 4.78 is 17.0. The second-order valence-corrected chi connectivity index (χ2v) is 11.5. The Morgan fingerprint density at radius 1 is 1.38 bits per heavy atom. The summed E-state index contributed by atoms with van der Waals surface area (Å²) >= 11 is 0. The number of unbranched alkanes of at least 4 members (excludes halogenated alkanes) is 1. The smallest absolute Gasteiger partial charge is 0.237 e. The van der Waals surface area contributed by atoms with Gasteiger partial charge in [0.25, 0.3) is 0 Å². The number of dihydropyridines is 1. The third kappa shape index (κ3) is 6.40. The molecule has 3 aliphatic heterocycles. The molecule has 1 saturated heterocycles. The van der Waals surface area contributed by atoms with E-state index in [2.05, 4.69) is 72.5 Å². The molecule has 4 rings (SSSR count). The van der Waals surface area contributed by atoms with Gasteiger partial charge in [0.15, 0.2) is 11.5 Å². The Bertz CT molecular complexity index is 1130. The molecule has 0 bridgehead atoms. The van der Waals surface area contributed by atoms with E-state index in [1.54, 1.807) is 7.11 Å². The Balaban J connectivity index is 1.61. The van der Waals surface area contributed by atoms with Crippen LogP contribution in [0.5, 0.6) is 17.2 Å². The van der Waals surface area contributed by atoms with E-state index in [-0.39, 0.29) is 30.1 Å². The Morgan fingerprint density at radius 2 is 2.21 bits per heavy atom. The number of likely N-dealkylation sites (tertiary alicyclic amines) is 1. The van der Waals surface area contributed by atoms with Crippen molar-refractivity contribution in [2.45, 2.75) is 70.9 Å². The molecule has 0 radical (unpaired) electrons. The number of benzene rings is 1. The molecule has 0 spiro atoms. The number of hydrogen-bond acceptors (Lipinski definition) is 6. The van der Waals surface area contributed by atoms with Gasteiger partial charge in [0.05, 0.1) is 25.7 Å². The van der Waals surface area contributed by atoms with Gasteiger partial charge in [0.2, 0.25) is 18.4 Å². The van der Waals surface area contributed by atoms with Crippen molar-refractivity contribution < 1.29 is 19.0 Å². The van der Waals surface area contributed by atoms with Gasteiger partial charge in [-0.25, -0.2) is 0 Å². The van der Waals surface area contributed by atoms with Crippen LogP contribution in [-0.4, -0.2) is 73.6 Å². The van der Waals surface area contributed by atoms with Crippen molar-refractivity contribution in [3.05, 3.63) is 54.7 Å². The minimum Gasteiger partial charge on any atom is -0.493 e. The highest BCUT2D eigenvalue weighted by Crippen LogP contribution is 2.46. The summed E-state index contributed by atoms with van der Waals surface area (Å²) in [5.41, 5.74) is 0.597. The summed E-state index contributed by atoms with van der Waals surface area (Å²) in [4.78, 5) is 22.9. The van der Waals surface area contributed by atoms with Crippen LogP contribution in [0.25, 0.3) is 0 Å². The lowest BCUT2D eigenvalue weighted by Gasteiger charge is -2.41. The van der Waals surface area contributed by atoms with Crippen LogP contribution < -0.4 is 14.2 Å². The zero-order valence-electron chi connectivity index (χ0n) is 24.3. The largest absolute Gasteiger partial charge is 0.493 e. The molecule has 1 aromatic carbocycles. The maximum absolute atomic E-state index is 14.0. The fourth-order valence-corrected chi connectivity index (χ4v) is 6.14. The number of amides is 1. The number of methoxy groups -OCH3 is 1. The van der Waals surface area contributed by atoms with Crippen LogP contribution in [0.2, 0.25) is 0 Å². The van der Waals surface area contributed by atoms with Gasteiger partial charge in [-0.15, -0.1) is 6.58 Å². The molecule has 0 saturated carbocycles. The van der Waals surface area contributed by atoms with Crippen molar-refractivity contribution in [1.29, 1.82) is 0 Å². The zero-order valence-corrected chi connectivity index (χ0v) is 24.3. The molecular weight excluding hydrogens is 490 g/mol. The maximum atomic E-state index is 14.0. The Hall–Kier alpha value is -3.06. The molecule has 39 heavy (non-hydrogen) atoms. The van der Waals surface area contributed by atoms with E-state index in [0.29, 0.717) is 24.6 Å². The van der Waals surface area contributed by atoms with E-state index in [9.17, 15) is 4.79 Å². The lowest BCUT2D eigenvalue weighted by atomic mass is 9.81. The number of ether oxygens (including phenoxy) is 3. The van der Waals surface area contributed by atoms with Crippen molar-refractivity contribution >= 4 is 12.1 Å². The molecule has 7 heteroatoms. The van der Waals surface area contributed by atoms with Gasteiger partial charge in [-0.3, -0.25) is 14.7 Å². The van der Waals surface area contributed by atoms with E-state index in [4.69, 9.17) is 14.2 Å². The highest BCUT2D eigenvalue weighted by atomic mass is 16.7.